The zero-order chi connectivity index (χ0) is 10.2. The molecule has 0 aromatic carbocycles. The first-order chi connectivity index (χ1) is 6.79. The minimum Gasteiger partial charge on any atom is -0.497 e. The number of piperazine rings is 1. The largest absolute Gasteiger partial charge is 0.497 e. The molecule has 1 fully saturated rings. The van der Waals surface area contributed by atoms with Crippen LogP contribution in [0, 0.1) is 0 Å². The molecule has 0 aromatic heterocycles. The Kier molecular flexibility index (Phi) is 5.11. The van der Waals surface area contributed by atoms with Crippen LogP contribution in [-0.4, -0.2) is 44.7 Å². The van der Waals surface area contributed by atoms with Crippen LogP contribution in [0.25, 0.3) is 0 Å². The molecular formula is C10H19N3O. The molecule has 2 aliphatic rings. The maximum absolute atomic E-state index is 5.33. The number of nitrogens with two attached hydrogens (primary N) is 1. The van der Waals surface area contributed by atoms with E-state index in [1.54, 1.807) is 12.3 Å². The summed E-state index contributed by atoms with van der Waals surface area (Å²) in [5, 5.41) is 3.27. The van der Waals surface area contributed by atoms with Crippen molar-refractivity contribution in [1.82, 2.24) is 10.2 Å². The molecule has 0 bridgehead atoms. The average Bonchev–Trinajstić information content (AvgIpc) is 2.21. The first-order valence-corrected chi connectivity index (χ1v) is 4.92. The highest BCUT2D eigenvalue weighted by Gasteiger charge is 2.01. The van der Waals surface area contributed by atoms with Crippen LogP contribution in [0.5, 0.6) is 0 Å². The Bertz CT molecular complexity index is 207. The standard InChI is InChI=1S/C5H12N2.C5H7NO/c1-7-4-2-6-3-5-7;6-5-1-3-7-4-2-5/h6H,2-5H2,1H3;1-3H,4,6H2. The fourth-order valence-corrected chi connectivity index (χ4v) is 1.17. The second-order valence-electron chi connectivity index (χ2n) is 3.39. The highest BCUT2D eigenvalue weighted by atomic mass is 16.5. The molecule has 0 radical (unpaired) electrons. The Morgan fingerprint density at radius 3 is 2.43 bits per heavy atom. The highest BCUT2D eigenvalue weighted by Crippen LogP contribution is 1.94. The average molecular weight is 197 g/mol. The quantitative estimate of drug-likeness (QED) is 0.569. The Morgan fingerprint density at radius 1 is 1.43 bits per heavy atom. The lowest BCUT2D eigenvalue weighted by Crippen LogP contribution is -2.40. The Labute approximate surface area is 85.4 Å². The van der Waals surface area contributed by atoms with Gasteiger partial charge in [-0.25, -0.2) is 0 Å². The number of nitrogens with one attached hydrogen (secondary N) is 1. The summed E-state index contributed by atoms with van der Waals surface area (Å²) in [6.45, 7) is 5.36. The number of ether oxygens (including phenoxy) is 1. The molecule has 0 unspecified atom stereocenters. The van der Waals surface area contributed by atoms with Crippen molar-refractivity contribution in [3.63, 3.8) is 0 Å². The summed E-state index contributed by atoms with van der Waals surface area (Å²) in [4.78, 5) is 2.33. The molecule has 0 amide bonds. The molecule has 1 saturated heterocycles. The number of hydrogen-bond donors (Lipinski definition) is 2. The van der Waals surface area contributed by atoms with E-state index >= 15 is 0 Å². The van der Waals surface area contributed by atoms with Gasteiger partial charge in [-0.15, -0.1) is 0 Å². The van der Waals surface area contributed by atoms with Crippen LogP contribution in [0.2, 0.25) is 0 Å². The predicted molar refractivity (Wildman–Crippen MR) is 57.7 cm³/mol. The molecule has 14 heavy (non-hydrogen) atoms. The van der Waals surface area contributed by atoms with Crippen molar-refractivity contribution in [2.45, 2.75) is 0 Å². The zero-order valence-corrected chi connectivity index (χ0v) is 8.70. The molecule has 0 spiro atoms. The van der Waals surface area contributed by atoms with Gasteiger partial charge in [-0.1, -0.05) is 0 Å². The SMILES string of the molecule is CN1CCNCC1.NC1=CCOC=C1. The van der Waals surface area contributed by atoms with Crippen LogP contribution in [0.4, 0.5) is 0 Å². The molecule has 4 heteroatoms. The lowest BCUT2D eigenvalue weighted by Gasteiger charge is -2.21. The number of allylic oxidation sites excluding steroid dienone is 1. The molecule has 0 aliphatic carbocycles. The van der Waals surface area contributed by atoms with Gasteiger partial charge < -0.3 is 20.7 Å². The van der Waals surface area contributed by atoms with E-state index in [2.05, 4.69) is 17.3 Å². The second-order valence-corrected chi connectivity index (χ2v) is 3.39. The summed E-state index contributed by atoms with van der Waals surface area (Å²) < 4.78 is 4.80. The number of nitrogens with zero attached hydrogens (tertiary/aromatic N) is 1. The van der Waals surface area contributed by atoms with Crippen molar-refractivity contribution >= 4 is 0 Å². The third-order valence-electron chi connectivity index (χ3n) is 2.11. The van der Waals surface area contributed by atoms with Gasteiger partial charge in [-0.05, 0) is 19.2 Å². The monoisotopic (exact) mass is 197 g/mol. The van der Waals surface area contributed by atoms with Crippen LogP contribution >= 0.6 is 0 Å². The van der Waals surface area contributed by atoms with Gasteiger partial charge in [0.05, 0.1) is 6.26 Å². The van der Waals surface area contributed by atoms with Gasteiger partial charge in [0.2, 0.25) is 0 Å². The number of hydrogen-bond acceptors (Lipinski definition) is 4. The van der Waals surface area contributed by atoms with Gasteiger partial charge in [0.1, 0.15) is 6.61 Å². The van der Waals surface area contributed by atoms with Crippen LogP contribution in [0.1, 0.15) is 0 Å². The molecule has 2 aliphatic heterocycles. The molecule has 0 aromatic rings. The fraction of sp³-hybridized carbons (Fsp3) is 0.600. The number of likely N-dealkylation sites (N-methyl/N-ethyl adjacent to an activating group) is 1. The van der Waals surface area contributed by atoms with Gasteiger partial charge in [0.25, 0.3) is 0 Å². The van der Waals surface area contributed by atoms with Crippen molar-refractivity contribution in [3.05, 3.63) is 24.1 Å². The van der Waals surface area contributed by atoms with E-state index in [9.17, 15) is 0 Å². The first kappa shape index (κ1) is 11.1. The highest BCUT2D eigenvalue weighted by molar-refractivity contribution is 5.15. The maximum atomic E-state index is 5.33. The summed E-state index contributed by atoms with van der Waals surface area (Å²) in [6.07, 6.45) is 5.14. The van der Waals surface area contributed by atoms with Crippen LogP contribution in [0.3, 0.4) is 0 Å². The van der Waals surface area contributed by atoms with E-state index in [-0.39, 0.29) is 0 Å². The van der Waals surface area contributed by atoms with Crippen molar-refractivity contribution in [2.24, 2.45) is 5.73 Å². The Morgan fingerprint density at radius 2 is 2.14 bits per heavy atom. The fourth-order valence-electron chi connectivity index (χ4n) is 1.17. The van der Waals surface area contributed by atoms with Gasteiger partial charge in [0, 0.05) is 31.9 Å². The lowest BCUT2D eigenvalue weighted by atomic mass is 10.4. The van der Waals surface area contributed by atoms with E-state index < -0.39 is 0 Å². The topological polar surface area (TPSA) is 50.5 Å². The molecule has 2 rings (SSSR count). The Balaban J connectivity index is 0.000000140. The van der Waals surface area contributed by atoms with Crippen LogP contribution < -0.4 is 11.1 Å². The first-order valence-electron chi connectivity index (χ1n) is 4.92. The van der Waals surface area contributed by atoms with Gasteiger partial charge in [0.15, 0.2) is 0 Å². The summed E-state index contributed by atoms with van der Waals surface area (Å²) >= 11 is 0. The number of rotatable bonds is 0. The van der Waals surface area contributed by atoms with Gasteiger partial charge in [-0.3, -0.25) is 0 Å². The summed E-state index contributed by atoms with van der Waals surface area (Å²) in [5.74, 6) is 0. The minimum atomic E-state index is 0.613. The van der Waals surface area contributed by atoms with Gasteiger partial charge in [-0.2, -0.15) is 0 Å². The normalized spacial score (nSPS) is 21.6. The van der Waals surface area contributed by atoms with E-state index in [4.69, 9.17) is 10.5 Å². The molecule has 0 saturated carbocycles. The molecule has 80 valence electrons. The predicted octanol–water partition coefficient (Wildman–Crippen LogP) is -0.106. The van der Waals surface area contributed by atoms with E-state index in [0.717, 1.165) is 18.8 Å². The van der Waals surface area contributed by atoms with Gasteiger partial charge >= 0.3 is 0 Å². The summed E-state index contributed by atoms with van der Waals surface area (Å²) in [7, 11) is 2.15. The van der Waals surface area contributed by atoms with E-state index in [1.807, 2.05) is 6.08 Å². The Hall–Kier alpha value is -1.00. The zero-order valence-electron chi connectivity index (χ0n) is 8.70. The van der Waals surface area contributed by atoms with E-state index in [1.165, 1.54) is 13.1 Å². The summed E-state index contributed by atoms with van der Waals surface area (Å²) in [5.41, 5.74) is 6.11. The van der Waals surface area contributed by atoms with Crippen LogP contribution in [-0.2, 0) is 4.74 Å². The van der Waals surface area contributed by atoms with E-state index in [0.29, 0.717) is 6.61 Å². The van der Waals surface area contributed by atoms with Crippen molar-refractivity contribution in [1.29, 1.82) is 0 Å². The molecule has 0 atom stereocenters. The molecule has 2 heterocycles. The molecule has 4 nitrogen and oxygen atoms in total. The van der Waals surface area contributed by atoms with Crippen molar-refractivity contribution < 1.29 is 4.74 Å². The maximum Gasteiger partial charge on any atom is 0.108 e. The van der Waals surface area contributed by atoms with Crippen molar-refractivity contribution in [3.8, 4) is 0 Å². The lowest BCUT2D eigenvalue weighted by molar-refractivity contribution is 0.284. The third kappa shape index (κ3) is 4.89. The third-order valence-corrected chi connectivity index (χ3v) is 2.11. The van der Waals surface area contributed by atoms with Crippen LogP contribution in [0.15, 0.2) is 24.1 Å². The molecule has 3 N–H and O–H groups in total. The second kappa shape index (κ2) is 6.45. The minimum absolute atomic E-state index is 0.613. The summed E-state index contributed by atoms with van der Waals surface area (Å²) in [6, 6.07) is 0. The molecular weight excluding hydrogens is 178 g/mol. The van der Waals surface area contributed by atoms with Crippen molar-refractivity contribution in [2.75, 3.05) is 39.8 Å². The smallest absolute Gasteiger partial charge is 0.108 e.